The number of likely N-dealkylation sites (N-methyl/N-ethyl adjacent to an activating group) is 1. The van der Waals surface area contributed by atoms with Gasteiger partial charge in [0.25, 0.3) is 0 Å². The van der Waals surface area contributed by atoms with Crippen molar-refractivity contribution >= 4 is 11.8 Å². The first-order valence-corrected chi connectivity index (χ1v) is 6.35. The molecule has 1 unspecified atom stereocenters. The van der Waals surface area contributed by atoms with E-state index in [9.17, 15) is 4.39 Å². The molecule has 0 amide bonds. The van der Waals surface area contributed by atoms with Crippen LogP contribution in [0.3, 0.4) is 0 Å². The Morgan fingerprint density at radius 2 is 2.06 bits per heavy atom. The molecular weight excluding hydrogens is 225 g/mol. The number of rotatable bonds is 7. The number of hydrogen-bond donors (Lipinski definition) is 1. The molecule has 0 saturated carbocycles. The molecule has 0 aliphatic heterocycles. The Kier molecular flexibility index (Phi) is 6.45. The van der Waals surface area contributed by atoms with Gasteiger partial charge in [-0.15, -0.1) is 11.8 Å². The third-order valence-electron chi connectivity index (χ3n) is 2.13. The second kappa shape index (κ2) is 7.65. The van der Waals surface area contributed by atoms with Crippen LogP contribution in [0, 0.1) is 5.82 Å². The second-order valence-corrected chi connectivity index (χ2v) is 4.57. The van der Waals surface area contributed by atoms with E-state index in [1.54, 1.807) is 31.0 Å². The Morgan fingerprint density at radius 1 is 1.38 bits per heavy atom. The number of thioether (sulfide) groups is 1. The Hall–Kier alpha value is -0.580. The van der Waals surface area contributed by atoms with Crippen LogP contribution >= 0.6 is 11.8 Å². The van der Waals surface area contributed by atoms with Gasteiger partial charge < -0.3 is 10.1 Å². The summed E-state index contributed by atoms with van der Waals surface area (Å²) in [7, 11) is 1.70. The zero-order valence-corrected chi connectivity index (χ0v) is 10.5. The highest BCUT2D eigenvalue weighted by molar-refractivity contribution is 7.99. The van der Waals surface area contributed by atoms with E-state index in [2.05, 4.69) is 12.2 Å². The Bertz CT molecular complexity index is 286. The summed E-state index contributed by atoms with van der Waals surface area (Å²) in [5.41, 5.74) is 0. The molecule has 0 bridgehead atoms. The van der Waals surface area contributed by atoms with Crippen LogP contribution in [0.2, 0.25) is 0 Å². The fraction of sp³-hybridized carbons (Fsp3) is 0.500. The fourth-order valence-electron chi connectivity index (χ4n) is 1.38. The largest absolute Gasteiger partial charge is 0.383 e. The molecule has 0 aliphatic rings. The van der Waals surface area contributed by atoms with Crippen molar-refractivity contribution in [2.75, 3.05) is 26.0 Å². The molecule has 2 nitrogen and oxygen atoms in total. The first-order chi connectivity index (χ1) is 7.76. The average molecular weight is 243 g/mol. The lowest BCUT2D eigenvalue weighted by Gasteiger charge is -2.16. The van der Waals surface area contributed by atoms with E-state index in [0.29, 0.717) is 12.6 Å². The predicted octanol–water partition coefficient (Wildman–Crippen LogP) is 2.54. The van der Waals surface area contributed by atoms with E-state index >= 15 is 0 Å². The van der Waals surface area contributed by atoms with Crippen molar-refractivity contribution < 1.29 is 9.13 Å². The molecule has 1 aromatic rings. The number of halogens is 1. The molecule has 1 atom stereocenters. The van der Waals surface area contributed by atoms with Gasteiger partial charge in [-0.25, -0.2) is 4.39 Å². The van der Waals surface area contributed by atoms with Gasteiger partial charge in [-0.05, 0) is 30.8 Å². The van der Waals surface area contributed by atoms with Crippen molar-refractivity contribution in [1.29, 1.82) is 0 Å². The molecule has 1 aromatic carbocycles. The number of nitrogens with one attached hydrogen (secondary N) is 1. The Labute approximate surface area is 101 Å². The lowest BCUT2D eigenvalue weighted by atomic mass is 10.3. The molecule has 0 heterocycles. The zero-order valence-electron chi connectivity index (χ0n) is 9.70. The van der Waals surface area contributed by atoms with Crippen molar-refractivity contribution in [3.8, 4) is 0 Å². The van der Waals surface area contributed by atoms with E-state index in [0.717, 1.165) is 17.2 Å². The average Bonchev–Trinajstić information content (AvgIpc) is 2.29. The maximum absolute atomic E-state index is 12.7. The molecule has 0 aromatic heterocycles. The molecule has 1 rings (SSSR count). The van der Waals surface area contributed by atoms with E-state index in [-0.39, 0.29) is 5.82 Å². The number of hydrogen-bond acceptors (Lipinski definition) is 3. The van der Waals surface area contributed by atoms with Crippen LogP contribution < -0.4 is 5.32 Å². The van der Waals surface area contributed by atoms with E-state index in [1.165, 1.54) is 12.1 Å². The van der Waals surface area contributed by atoms with Gasteiger partial charge in [0.05, 0.1) is 6.61 Å². The summed E-state index contributed by atoms with van der Waals surface area (Å²) in [6.07, 6.45) is 0. The highest BCUT2D eigenvalue weighted by Crippen LogP contribution is 2.18. The van der Waals surface area contributed by atoms with Crippen LogP contribution in [0.1, 0.15) is 6.92 Å². The fourth-order valence-corrected chi connectivity index (χ4v) is 2.32. The number of methoxy groups -OCH3 is 1. The molecule has 4 heteroatoms. The third kappa shape index (κ3) is 4.96. The molecule has 0 saturated heterocycles. The smallest absolute Gasteiger partial charge is 0.123 e. The monoisotopic (exact) mass is 243 g/mol. The maximum Gasteiger partial charge on any atom is 0.123 e. The van der Waals surface area contributed by atoms with Gasteiger partial charge >= 0.3 is 0 Å². The molecule has 0 radical (unpaired) electrons. The highest BCUT2D eigenvalue weighted by Gasteiger charge is 2.07. The van der Waals surface area contributed by atoms with Crippen molar-refractivity contribution in [3.05, 3.63) is 30.1 Å². The van der Waals surface area contributed by atoms with Gasteiger partial charge in [-0.1, -0.05) is 6.92 Å². The quantitative estimate of drug-likeness (QED) is 0.744. The Morgan fingerprint density at radius 3 is 2.62 bits per heavy atom. The lowest BCUT2D eigenvalue weighted by molar-refractivity contribution is 0.174. The van der Waals surface area contributed by atoms with Crippen LogP contribution in [-0.4, -0.2) is 32.1 Å². The van der Waals surface area contributed by atoms with Gasteiger partial charge in [-0.3, -0.25) is 0 Å². The topological polar surface area (TPSA) is 21.3 Å². The van der Waals surface area contributed by atoms with Crippen molar-refractivity contribution in [2.24, 2.45) is 0 Å². The lowest BCUT2D eigenvalue weighted by Crippen LogP contribution is -2.35. The van der Waals surface area contributed by atoms with Crippen molar-refractivity contribution in [2.45, 2.75) is 17.9 Å². The summed E-state index contributed by atoms with van der Waals surface area (Å²) < 4.78 is 17.8. The molecule has 90 valence electrons. The maximum atomic E-state index is 12.7. The SMILES string of the molecule is CCNC(COC)CSc1ccc(F)cc1. The highest BCUT2D eigenvalue weighted by atomic mass is 32.2. The predicted molar refractivity (Wildman–Crippen MR) is 66.5 cm³/mol. The molecule has 16 heavy (non-hydrogen) atoms. The van der Waals surface area contributed by atoms with Gasteiger partial charge in [0.15, 0.2) is 0 Å². The van der Waals surface area contributed by atoms with E-state index in [1.807, 2.05) is 0 Å². The Balaban J connectivity index is 2.38. The summed E-state index contributed by atoms with van der Waals surface area (Å²) in [6.45, 7) is 3.70. The standard InChI is InChI=1S/C12H18FNOS/c1-3-14-11(8-15-2)9-16-12-6-4-10(13)5-7-12/h4-7,11,14H,3,8-9H2,1-2H3. The van der Waals surface area contributed by atoms with Crippen LogP contribution in [-0.2, 0) is 4.74 Å². The van der Waals surface area contributed by atoms with Gasteiger partial charge in [0, 0.05) is 23.8 Å². The van der Waals surface area contributed by atoms with Crippen molar-refractivity contribution in [3.63, 3.8) is 0 Å². The molecule has 1 N–H and O–H groups in total. The molecule has 0 fully saturated rings. The number of ether oxygens (including phenoxy) is 1. The minimum Gasteiger partial charge on any atom is -0.383 e. The van der Waals surface area contributed by atoms with Crippen molar-refractivity contribution in [1.82, 2.24) is 5.32 Å². The van der Waals surface area contributed by atoms with Crippen LogP contribution in [0.4, 0.5) is 4.39 Å². The van der Waals surface area contributed by atoms with E-state index in [4.69, 9.17) is 4.74 Å². The van der Waals surface area contributed by atoms with Crippen LogP contribution in [0.25, 0.3) is 0 Å². The molecular formula is C12H18FNOS. The minimum absolute atomic E-state index is 0.190. The molecule has 0 aliphatic carbocycles. The van der Waals surface area contributed by atoms with Gasteiger partial charge in [0.2, 0.25) is 0 Å². The third-order valence-corrected chi connectivity index (χ3v) is 3.30. The summed E-state index contributed by atoms with van der Waals surface area (Å²) in [5, 5.41) is 3.35. The van der Waals surface area contributed by atoms with Gasteiger partial charge in [-0.2, -0.15) is 0 Å². The van der Waals surface area contributed by atoms with E-state index < -0.39 is 0 Å². The first-order valence-electron chi connectivity index (χ1n) is 5.37. The summed E-state index contributed by atoms with van der Waals surface area (Å²) in [6, 6.07) is 6.91. The summed E-state index contributed by atoms with van der Waals surface area (Å²) in [4.78, 5) is 1.08. The van der Waals surface area contributed by atoms with Crippen LogP contribution in [0.15, 0.2) is 29.2 Å². The van der Waals surface area contributed by atoms with Gasteiger partial charge in [0.1, 0.15) is 5.82 Å². The normalized spacial score (nSPS) is 12.7. The summed E-state index contributed by atoms with van der Waals surface area (Å²) in [5.74, 6) is 0.734. The zero-order chi connectivity index (χ0) is 11.8. The second-order valence-electron chi connectivity index (χ2n) is 3.47. The first kappa shape index (κ1) is 13.5. The minimum atomic E-state index is -0.190. The van der Waals surface area contributed by atoms with Crippen LogP contribution in [0.5, 0.6) is 0 Å². The number of benzene rings is 1. The summed E-state index contributed by atoms with van der Waals surface area (Å²) >= 11 is 1.71. The molecule has 0 spiro atoms.